The molecule has 0 atom stereocenters. The second kappa shape index (κ2) is 8.18. The molecule has 0 fully saturated rings. The smallest absolute Gasteiger partial charge is 0.453 e. The maximum absolute atomic E-state index is 6.94. The first kappa shape index (κ1) is 16.8. The SMILES string of the molecule is [C-]#[N+]c1ccc(Oc2ccc(I)c(COB(C)OC)c2)cc1. The maximum Gasteiger partial charge on any atom is 0.453 e. The van der Waals surface area contributed by atoms with Crippen LogP contribution in [0.2, 0.25) is 6.82 Å². The van der Waals surface area contributed by atoms with Gasteiger partial charge in [0.25, 0.3) is 0 Å². The van der Waals surface area contributed by atoms with Crippen molar-refractivity contribution in [2.75, 3.05) is 7.11 Å². The second-order valence-electron chi connectivity index (χ2n) is 4.58. The van der Waals surface area contributed by atoms with Crippen LogP contribution >= 0.6 is 22.6 Å². The zero-order valence-electron chi connectivity index (χ0n) is 12.4. The fraction of sp³-hybridized carbons (Fsp3) is 0.188. The second-order valence-corrected chi connectivity index (χ2v) is 5.74. The monoisotopic (exact) mass is 407 g/mol. The summed E-state index contributed by atoms with van der Waals surface area (Å²) >= 11 is 2.27. The number of benzene rings is 2. The minimum atomic E-state index is -0.249. The highest BCUT2D eigenvalue weighted by Crippen LogP contribution is 2.27. The molecular weight excluding hydrogens is 392 g/mol. The Kier molecular flexibility index (Phi) is 6.25. The molecule has 0 spiro atoms. The van der Waals surface area contributed by atoms with E-state index in [4.69, 9.17) is 20.6 Å². The van der Waals surface area contributed by atoms with Crippen molar-refractivity contribution in [3.8, 4) is 11.5 Å². The first-order chi connectivity index (χ1) is 10.6. The van der Waals surface area contributed by atoms with Gasteiger partial charge in [-0.2, -0.15) is 0 Å². The van der Waals surface area contributed by atoms with Crippen LogP contribution in [0.15, 0.2) is 42.5 Å². The summed E-state index contributed by atoms with van der Waals surface area (Å²) < 4.78 is 17.6. The van der Waals surface area contributed by atoms with Crippen molar-refractivity contribution in [1.82, 2.24) is 0 Å². The van der Waals surface area contributed by atoms with Crippen molar-refractivity contribution >= 4 is 35.4 Å². The molecule has 0 aliphatic heterocycles. The summed E-state index contributed by atoms with van der Waals surface area (Å²) in [6.45, 7) is 9.26. The minimum Gasteiger partial charge on any atom is -0.457 e. The lowest BCUT2D eigenvalue weighted by Crippen LogP contribution is -2.16. The number of hydrogen-bond acceptors (Lipinski definition) is 3. The molecule has 0 aromatic heterocycles. The summed E-state index contributed by atoms with van der Waals surface area (Å²) in [5.41, 5.74) is 1.64. The molecule has 0 aliphatic rings. The zero-order valence-corrected chi connectivity index (χ0v) is 14.5. The fourth-order valence-electron chi connectivity index (χ4n) is 1.73. The molecule has 0 amide bonds. The van der Waals surface area contributed by atoms with Crippen LogP contribution in [-0.2, 0) is 15.9 Å². The molecule has 0 saturated carbocycles. The lowest BCUT2D eigenvalue weighted by Gasteiger charge is -2.12. The van der Waals surface area contributed by atoms with Gasteiger partial charge in [0.15, 0.2) is 5.69 Å². The van der Waals surface area contributed by atoms with Crippen LogP contribution in [0, 0.1) is 10.1 Å². The van der Waals surface area contributed by atoms with E-state index in [1.165, 1.54) is 0 Å². The lowest BCUT2D eigenvalue weighted by molar-refractivity contribution is 0.225. The van der Waals surface area contributed by atoms with Crippen molar-refractivity contribution in [2.45, 2.75) is 13.4 Å². The van der Waals surface area contributed by atoms with Gasteiger partial charge < -0.3 is 14.0 Å². The molecule has 0 bridgehead atoms. The van der Waals surface area contributed by atoms with Gasteiger partial charge in [-0.25, -0.2) is 4.85 Å². The Morgan fingerprint density at radius 3 is 2.45 bits per heavy atom. The van der Waals surface area contributed by atoms with Crippen LogP contribution in [-0.4, -0.2) is 14.2 Å². The highest BCUT2D eigenvalue weighted by Gasteiger charge is 2.10. The molecule has 2 rings (SSSR count). The molecule has 112 valence electrons. The quantitative estimate of drug-likeness (QED) is 0.388. The van der Waals surface area contributed by atoms with E-state index in [2.05, 4.69) is 27.4 Å². The molecule has 6 heteroatoms. The standard InChI is InChI=1S/C16H15BINO3/c1-17(20-3)21-11-12-10-15(8-9-16(12)18)22-14-6-4-13(19-2)5-7-14/h4-10H,11H2,1,3H3. The van der Waals surface area contributed by atoms with Gasteiger partial charge >= 0.3 is 7.12 Å². The first-order valence-corrected chi connectivity index (χ1v) is 7.78. The summed E-state index contributed by atoms with van der Waals surface area (Å²) in [5.74, 6) is 1.44. The molecule has 22 heavy (non-hydrogen) atoms. The Labute approximate surface area is 144 Å². The topological polar surface area (TPSA) is 32.0 Å². The average Bonchev–Trinajstić information content (AvgIpc) is 2.55. The van der Waals surface area contributed by atoms with Crippen LogP contribution in [0.1, 0.15) is 5.56 Å². The van der Waals surface area contributed by atoms with Crippen LogP contribution < -0.4 is 4.74 Å². The molecule has 0 radical (unpaired) electrons. The van der Waals surface area contributed by atoms with Gasteiger partial charge in [0.1, 0.15) is 11.5 Å². The van der Waals surface area contributed by atoms with E-state index in [-0.39, 0.29) is 7.12 Å². The predicted octanol–water partition coefficient (Wildman–Crippen LogP) is 4.92. The number of nitrogens with zero attached hydrogens (tertiary/aromatic N) is 1. The summed E-state index contributed by atoms with van der Waals surface area (Å²) in [7, 11) is 1.36. The summed E-state index contributed by atoms with van der Waals surface area (Å²) in [5, 5.41) is 0. The van der Waals surface area contributed by atoms with Crippen molar-refractivity contribution in [1.29, 1.82) is 0 Å². The van der Waals surface area contributed by atoms with E-state index >= 15 is 0 Å². The molecule has 4 nitrogen and oxygen atoms in total. The van der Waals surface area contributed by atoms with Gasteiger partial charge in [0, 0.05) is 10.7 Å². The molecule has 2 aromatic rings. The third-order valence-electron chi connectivity index (χ3n) is 3.02. The highest BCUT2D eigenvalue weighted by molar-refractivity contribution is 14.1. The summed E-state index contributed by atoms with van der Waals surface area (Å²) in [6.07, 6.45) is 0. The summed E-state index contributed by atoms with van der Waals surface area (Å²) in [6, 6.07) is 12.9. The Balaban J connectivity index is 2.09. The largest absolute Gasteiger partial charge is 0.457 e. The first-order valence-electron chi connectivity index (χ1n) is 6.70. The fourth-order valence-corrected chi connectivity index (χ4v) is 2.22. The molecule has 0 N–H and O–H groups in total. The normalized spacial score (nSPS) is 10.1. The molecule has 0 aliphatic carbocycles. The van der Waals surface area contributed by atoms with E-state index < -0.39 is 0 Å². The molecule has 2 aromatic carbocycles. The Hall–Kier alpha value is -1.56. The maximum atomic E-state index is 6.94. The average molecular weight is 407 g/mol. The van der Waals surface area contributed by atoms with Crippen molar-refractivity contribution < 1.29 is 14.0 Å². The summed E-state index contributed by atoms with van der Waals surface area (Å²) in [4.78, 5) is 3.36. The molecule has 0 unspecified atom stereocenters. The van der Waals surface area contributed by atoms with E-state index in [1.807, 2.05) is 25.0 Å². The van der Waals surface area contributed by atoms with Crippen molar-refractivity contribution in [3.63, 3.8) is 0 Å². The molecular formula is C16H15BINO3. The number of ether oxygens (including phenoxy) is 1. The van der Waals surface area contributed by atoms with Gasteiger partial charge in [-0.05, 0) is 65.3 Å². The van der Waals surface area contributed by atoms with Gasteiger partial charge in [0.2, 0.25) is 0 Å². The van der Waals surface area contributed by atoms with Crippen LogP contribution in [0.25, 0.3) is 4.85 Å². The third-order valence-corrected chi connectivity index (χ3v) is 4.08. The van der Waals surface area contributed by atoms with E-state index in [0.29, 0.717) is 18.0 Å². The van der Waals surface area contributed by atoms with Crippen molar-refractivity contribution in [3.05, 3.63) is 63.0 Å². The molecule has 0 heterocycles. The zero-order chi connectivity index (χ0) is 15.9. The van der Waals surface area contributed by atoms with Gasteiger partial charge in [-0.3, -0.25) is 0 Å². The third kappa shape index (κ3) is 4.73. The van der Waals surface area contributed by atoms with E-state index in [0.717, 1.165) is 14.9 Å². The highest BCUT2D eigenvalue weighted by atomic mass is 127. The number of rotatable bonds is 6. The van der Waals surface area contributed by atoms with Gasteiger partial charge in [-0.1, -0.05) is 12.1 Å². The van der Waals surface area contributed by atoms with Gasteiger partial charge in [-0.15, -0.1) is 0 Å². The van der Waals surface area contributed by atoms with Crippen LogP contribution in [0.4, 0.5) is 5.69 Å². The van der Waals surface area contributed by atoms with Gasteiger partial charge in [0.05, 0.1) is 13.2 Å². The number of hydrogen-bond donors (Lipinski definition) is 0. The van der Waals surface area contributed by atoms with Crippen LogP contribution in [0.3, 0.4) is 0 Å². The molecule has 0 saturated heterocycles. The van der Waals surface area contributed by atoms with E-state index in [9.17, 15) is 0 Å². The number of halogens is 1. The Morgan fingerprint density at radius 1 is 1.14 bits per heavy atom. The Bertz CT molecular complexity index is 670. The van der Waals surface area contributed by atoms with Crippen LogP contribution in [0.5, 0.6) is 11.5 Å². The van der Waals surface area contributed by atoms with Crippen molar-refractivity contribution in [2.24, 2.45) is 0 Å². The lowest BCUT2D eigenvalue weighted by atomic mass is 9.95. The minimum absolute atomic E-state index is 0.249. The Morgan fingerprint density at radius 2 is 1.82 bits per heavy atom. The predicted molar refractivity (Wildman–Crippen MR) is 95.4 cm³/mol. The van der Waals surface area contributed by atoms with E-state index in [1.54, 1.807) is 31.4 Å².